The summed E-state index contributed by atoms with van der Waals surface area (Å²) in [4.78, 5) is 17.2. The van der Waals surface area contributed by atoms with Gasteiger partial charge in [-0.1, -0.05) is 6.92 Å². The first kappa shape index (κ1) is 14.1. The molecule has 17 heavy (non-hydrogen) atoms. The zero-order valence-corrected chi connectivity index (χ0v) is 12.0. The number of carbonyl (C=O) groups excluding carboxylic acids is 1. The van der Waals surface area contributed by atoms with Crippen LogP contribution in [0.2, 0.25) is 0 Å². The first-order valence-corrected chi connectivity index (χ1v) is 6.64. The van der Waals surface area contributed by atoms with Crippen molar-refractivity contribution in [3.05, 3.63) is 10.6 Å². The van der Waals surface area contributed by atoms with Crippen molar-refractivity contribution in [3.63, 3.8) is 0 Å². The fourth-order valence-corrected chi connectivity index (χ4v) is 2.24. The molecule has 0 aliphatic rings. The fourth-order valence-electron chi connectivity index (χ4n) is 1.32. The summed E-state index contributed by atoms with van der Waals surface area (Å²) in [5, 5.41) is 6.65. The maximum atomic E-state index is 11.7. The van der Waals surface area contributed by atoms with Crippen molar-refractivity contribution in [2.75, 3.05) is 11.9 Å². The number of hydrogen-bond donors (Lipinski definition) is 2. The minimum atomic E-state index is -0.0509. The molecule has 1 heterocycles. The van der Waals surface area contributed by atoms with E-state index < -0.39 is 0 Å². The Balaban J connectivity index is 2.50. The van der Waals surface area contributed by atoms with E-state index in [9.17, 15) is 4.79 Å². The van der Waals surface area contributed by atoms with Gasteiger partial charge in [-0.3, -0.25) is 4.79 Å². The minimum Gasteiger partial charge on any atom is -0.304 e. The van der Waals surface area contributed by atoms with Gasteiger partial charge in [0.15, 0.2) is 5.13 Å². The number of nitrogens with zero attached hydrogens (tertiary/aromatic N) is 1. The highest BCUT2D eigenvalue weighted by Gasteiger charge is 2.13. The van der Waals surface area contributed by atoms with Crippen molar-refractivity contribution in [2.24, 2.45) is 0 Å². The third-order valence-corrected chi connectivity index (χ3v) is 3.18. The van der Waals surface area contributed by atoms with Crippen LogP contribution in [0.5, 0.6) is 0 Å². The number of thiazole rings is 1. The maximum absolute atomic E-state index is 11.7. The molecule has 0 saturated carbocycles. The Hall–Kier alpha value is -0.940. The van der Waals surface area contributed by atoms with Crippen LogP contribution in [0.25, 0.3) is 0 Å². The highest BCUT2D eigenvalue weighted by Crippen LogP contribution is 2.22. The Morgan fingerprint density at radius 3 is 2.53 bits per heavy atom. The lowest BCUT2D eigenvalue weighted by Crippen LogP contribution is -2.41. The summed E-state index contributed by atoms with van der Waals surface area (Å²) in [7, 11) is 0. The number of hydrogen-bond acceptors (Lipinski definition) is 4. The van der Waals surface area contributed by atoms with E-state index in [1.165, 1.54) is 16.2 Å². The number of anilines is 1. The predicted octanol–water partition coefficient (Wildman–Crippen LogP) is 2.34. The zero-order chi connectivity index (χ0) is 13.1. The molecule has 5 heteroatoms. The monoisotopic (exact) mass is 255 g/mol. The Bertz CT molecular complexity index is 393. The van der Waals surface area contributed by atoms with Crippen LogP contribution in [0.3, 0.4) is 0 Å². The molecule has 0 atom stereocenters. The molecule has 0 aliphatic heterocycles. The molecule has 4 nitrogen and oxygen atoms in total. The van der Waals surface area contributed by atoms with Gasteiger partial charge in [0.05, 0.1) is 12.2 Å². The van der Waals surface area contributed by atoms with E-state index in [0.29, 0.717) is 11.7 Å². The lowest BCUT2D eigenvalue weighted by molar-refractivity contribution is -0.115. The molecule has 0 bridgehead atoms. The molecule has 0 aromatic carbocycles. The van der Waals surface area contributed by atoms with Crippen LogP contribution >= 0.6 is 11.3 Å². The first-order chi connectivity index (χ1) is 7.81. The van der Waals surface area contributed by atoms with Gasteiger partial charge < -0.3 is 10.6 Å². The third-order valence-electron chi connectivity index (χ3n) is 2.25. The van der Waals surface area contributed by atoms with Crippen molar-refractivity contribution in [1.29, 1.82) is 0 Å². The van der Waals surface area contributed by atoms with Crippen molar-refractivity contribution in [3.8, 4) is 0 Å². The molecular weight excluding hydrogens is 234 g/mol. The zero-order valence-electron chi connectivity index (χ0n) is 11.2. The predicted molar refractivity (Wildman–Crippen MR) is 72.6 cm³/mol. The van der Waals surface area contributed by atoms with E-state index in [0.717, 1.165) is 12.1 Å². The lowest BCUT2D eigenvalue weighted by atomic mass is 10.1. The summed E-state index contributed by atoms with van der Waals surface area (Å²) in [6, 6.07) is 0. The van der Waals surface area contributed by atoms with Crippen LogP contribution in [0.4, 0.5) is 5.13 Å². The summed E-state index contributed by atoms with van der Waals surface area (Å²) in [5.41, 5.74) is 1.01. The van der Waals surface area contributed by atoms with E-state index in [2.05, 4.69) is 22.5 Å². The van der Waals surface area contributed by atoms with Gasteiger partial charge in [0.2, 0.25) is 5.91 Å². The number of aromatic nitrogens is 1. The molecule has 2 N–H and O–H groups in total. The molecule has 1 rings (SSSR count). The summed E-state index contributed by atoms with van der Waals surface area (Å²) < 4.78 is 0. The highest BCUT2D eigenvalue weighted by atomic mass is 32.1. The number of amides is 1. The molecule has 1 aromatic heterocycles. The second-order valence-electron chi connectivity index (χ2n) is 5.03. The number of aryl methyl sites for hydroxylation is 2. The second-order valence-corrected chi connectivity index (χ2v) is 6.23. The Kier molecular flexibility index (Phi) is 4.65. The third kappa shape index (κ3) is 4.83. The van der Waals surface area contributed by atoms with Crippen molar-refractivity contribution >= 4 is 22.4 Å². The molecule has 1 aromatic rings. The number of rotatable bonds is 4. The standard InChI is InChI=1S/C12H21N3OS/c1-6-9-8(2)17-11(14-9)15-10(16)7-13-12(3,4)5/h13H,6-7H2,1-5H3,(H,14,15,16). The molecule has 96 valence electrons. The molecule has 1 amide bonds. The van der Waals surface area contributed by atoms with Gasteiger partial charge in [-0.2, -0.15) is 0 Å². The molecule has 0 radical (unpaired) electrons. The van der Waals surface area contributed by atoms with Gasteiger partial charge in [-0.15, -0.1) is 11.3 Å². The van der Waals surface area contributed by atoms with Gasteiger partial charge in [-0.05, 0) is 34.1 Å². The molecule has 0 saturated heterocycles. The van der Waals surface area contributed by atoms with E-state index in [4.69, 9.17) is 0 Å². The van der Waals surface area contributed by atoms with Crippen LogP contribution in [-0.2, 0) is 11.2 Å². The van der Waals surface area contributed by atoms with Gasteiger partial charge in [-0.25, -0.2) is 4.98 Å². The minimum absolute atomic E-state index is 0.0451. The Morgan fingerprint density at radius 1 is 1.41 bits per heavy atom. The highest BCUT2D eigenvalue weighted by molar-refractivity contribution is 7.15. The Morgan fingerprint density at radius 2 is 2.06 bits per heavy atom. The van der Waals surface area contributed by atoms with Crippen LogP contribution in [-0.4, -0.2) is 23.0 Å². The summed E-state index contributed by atoms with van der Waals surface area (Å²) >= 11 is 1.53. The van der Waals surface area contributed by atoms with E-state index in [-0.39, 0.29) is 11.4 Å². The number of carbonyl (C=O) groups is 1. The van der Waals surface area contributed by atoms with Crippen LogP contribution in [0, 0.1) is 6.92 Å². The topological polar surface area (TPSA) is 54.0 Å². The SMILES string of the molecule is CCc1nc(NC(=O)CNC(C)(C)C)sc1C. The van der Waals surface area contributed by atoms with Gasteiger partial charge in [0.25, 0.3) is 0 Å². The average molecular weight is 255 g/mol. The summed E-state index contributed by atoms with van der Waals surface area (Å²) in [6.07, 6.45) is 0.901. The molecule has 0 spiro atoms. The van der Waals surface area contributed by atoms with Crippen molar-refractivity contribution in [1.82, 2.24) is 10.3 Å². The van der Waals surface area contributed by atoms with Crippen molar-refractivity contribution in [2.45, 2.75) is 46.6 Å². The van der Waals surface area contributed by atoms with Crippen molar-refractivity contribution < 1.29 is 4.79 Å². The van der Waals surface area contributed by atoms with Crippen LogP contribution in [0.15, 0.2) is 0 Å². The fraction of sp³-hybridized carbons (Fsp3) is 0.667. The molecular formula is C12H21N3OS. The first-order valence-electron chi connectivity index (χ1n) is 5.83. The smallest absolute Gasteiger partial charge is 0.240 e. The number of nitrogens with one attached hydrogen (secondary N) is 2. The molecule has 0 unspecified atom stereocenters. The summed E-state index contributed by atoms with van der Waals surface area (Å²) in [6.45, 7) is 10.5. The van der Waals surface area contributed by atoms with Crippen LogP contribution < -0.4 is 10.6 Å². The van der Waals surface area contributed by atoms with Gasteiger partial charge in [0, 0.05) is 10.4 Å². The lowest BCUT2D eigenvalue weighted by Gasteiger charge is -2.19. The van der Waals surface area contributed by atoms with E-state index in [1.807, 2.05) is 27.7 Å². The Labute approximate surface area is 107 Å². The molecule has 0 aliphatic carbocycles. The maximum Gasteiger partial charge on any atom is 0.240 e. The van der Waals surface area contributed by atoms with E-state index in [1.54, 1.807) is 0 Å². The van der Waals surface area contributed by atoms with Gasteiger partial charge >= 0.3 is 0 Å². The second kappa shape index (κ2) is 5.60. The normalized spacial score (nSPS) is 11.6. The summed E-state index contributed by atoms with van der Waals surface area (Å²) in [5.74, 6) is -0.0451. The van der Waals surface area contributed by atoms with Gasteiger partial charge in [0.1, 0.15) is 0 Å². The van der Waals surface area contributed by atoms with Crippen LogP contribution in [0.1, 0.15) is 38.3 Å². The molecule has 0 fully saturated rings. The quantitative estimate of drug-likeness (QED) is 0.868. The largest absolute Gasteiger partial charge is 0.304 e. The van der Waals surface area contributed by atoms with E-state index >= 15 is 0 Å². The average Bonchev–Trinajstić information content (AvgIpc) is 2.55.